The molecular formula is C17H22ClN3O2. The van der Waals surface area contributed by atoms with E-state index >= 15 is 0 Å². The SMILES string of the molecule is CC1(C)CC[C@@H]([C@H](O)c2ccc(Cl)cc2)[C@]1(O)Cn1cncn1. The van der Waals surface area contributed by atoms with E-state index < -0.39 is 11.7 Å². The van der Waals surface area contributed by atoms with Gasteiger partial charge in [-0.15, -0.1) is 0 Å². The molecule has 1 saturated carbocycles. The van der Waals surface area contributed by atoms with Gasteiger partial charge in [0.15, 0.2) is 0 Å². The summed E-state index contributed by atoms with van der Waals surface area (Å²) in [7, 11) is 0. The summed E-state index contributed by atoms with van der Waals surface area (Å²) in [6, 6.07) is 7.15. The van der Waals surface area contributed by atoms with Gasteiger partial charge in [0.1, 0.15) is 12.7 Å². The van der Waals surface area contributed by atoms with Gasteiger partial charge in [0.05, 0.1) is 18.2 Å². The van der Waals surface area contributed by atoms with Crippen molar-refractivity contribution < 1.29 is 10.2 Å². The van der Waals surface area contributed by atoms with E-state index in [-0.39, 0.29) is 11.3 Å². The largest absolute Gasteiger partial charge is 0.388 e. The highest BCUT2D eigenvalue weighted by Gasteiger charge is 2.56. The zero-order valence-electron chi connectivity index (χ0n) is 13.4. The van der Waals surface area contributed by atoms with Crippen LogP contribution >= 0.6 is 11.6 Å². The monoisotopic (exact) mass is 335 g/mol. The van der Waals surface area contributed by atoms with E-state index in [4.69, 9.17) is 11.6 Å². The van der Waals surface area contributed by atoms with E-state index in [0.717, 1.165) is 18.4 Å². The second-order valence-corrected chi connectivity index (χ2v) is 7.48. The first kappa shape index (κ1) is 16.4. The summed E-state index contributed by atoms with van der Waals surface area (Å²) < 4.78 is 1.63. The Morgan fingerprint density at radius 1 is 1.35 bits per heavy atom. The molecule has 0 aliphatic heterocycles. The Bertz CT molecular complexity index is 657. The van der Waals surface area contributed by atoms with Crippen molar-refractivity contribution in [3.8, 4) is 0 Å². The Balaban J connectivity index is 1.91. The van der Waals surface area contributed by atoms with Crippen LogP contribution in [0.3, 0.4) is 0 Å². The fourth-order valence-electron chi connectivity index (χ4n) is 3.68. The Morgan fingerprint density at radius 2 is 2.04 bits per heavy atom. The van der Waals surface area contributed by atoms with Gasteiger partial charge >= 0.3 is 0 Å². The zero-order chi connectivity index (χ0) is 16.7. The maximum absolute atomic E-state index is 11.5. The van der Waals surface area contributed by atoms with Crippen LogP contribution in [0.2, 0.25) is 5.02 Å². The maximum atomic E-state index is 11.5. The molecule has 3 atom stereocenters. The third kappa shape index (κ3) is 2.89. The number of aromatic nitrogens is 3. The van der Waals surface area contributed by atoms with Crippen LogP contribution in [0.4, 0.5) is 0 Å². The molecular weight excluding hydrogens is 314 g/mol. The first-order valence-corrected chi connectivity index (χ1v) is 8.20. The van der Waals surface area contributed by atoms with Crippen LogP contribution < -0.4 is 0 Å². The minimum Gasteiger partial charge on any atom is -0.388 e. The number of aliphatic hydroxyl groups is 2. The standard InChI is InChI=1S/C17H22ClN3O2/c1-16(2)8-7-14(15(22)12-3-5-13(18)6-4-12)17(16,23)9-21-11-19-10-20-21/h3-6,10-11,14-15,22-23H,7-9H2,1-2H3/t14-,15+,17+/m0/s1. The Labute approximate surface area is 140 Å². The lowest BCUT2D eigenvalue weighted by atomic mass is 9.71. The van der Waals surface area contributed by atoms with Gasteiger partial charge in [-0.2, -0.15) is 5.10 Å². The summed E-state index contributed by atoms with van der Waals surface area (Å²) in [5.74, 6) is -0.275. The lowest BCUT2D eigenvalue weighted by Crippen LogP contribution is -2.50. The zero-order valence-corrected chi connectivity index (χ0v) is 14.1. The van der Waals surface area contributed by atoms with Crippen molar-refractivity contribution in [2.24, 2.45) is 11.3 Å². The molecule has 2 N–H and O–H groups in total. The molecule has 124 valence electrons. The van der Waals surface area contributed by atoms with E-state index in [2.05, 4.69) is 10.1 Å². The minimum atomic E-state index is -1.07. The predicted molar refractivity (Wildman–Crippen MR) is 87.9 cm³/mol. The quantitative estimate of drug-likeness (QED) is 0.901. The molecule has 0 radical (unpaired) electrons. The number of aliphatic hydroxyl groups excluding tert-OH is 1. The van der Waals surface area contributed by atoms with Crippen LogP contribution in [-0.4, -0.2) is 30.6 Å². The molecule has 23 heavy (non-hydrogen) atoms. The smallest absolute Gasteiger partial charge is 0.137 e. The molecule has 1 aliphatic carbocycles. The van der Waals surface area contributed by atoms with Crippen LogP contribution in [0.25, 0.3) is 0 Å². The van der Waals surface area contributed by atoms with Crippen molar-refractivity contribution in [3.63, 3.8) is 0 Å². The molecule has 1 aromatic carbocycles. The van der Waals surface area contributed by atoms with Crippen molar-refractivity contribution >= 4 is 11.6 Å². The molecule has 0 bridgehead atoms. The van der Waals surface area contributed by atoms with Gasteiger partial charge in [-0.05, 0) is 36.0 Å². The molecule has 1 aromatic heterocycles. The number of nitrogens with zero attached hydrogens (tertiary/aromatic N) is 3. The first-order chi connectivity index (χ1) is 10.8. The predicted octanol–water partition coefficient (Wildman–Crippen LogP) is 2.83. The van der Waals surface area contributed by atoms with Gasteiger partial charge in [-0.25, -0.2) is 4.98 Å². The van der Waals surface area contributed by atoms with Crippen LogP contribution in [-0.2, 0) is 6.54 Å². The molecule has 0 saturated heterocycles. The van der Waals surface area contributed by atoms with Gasteiger partial charge < -0.3 is 10.2 Å². The Kier molecular flexibility index (Phi) is 4.21. The van der Waals surface area contributed by atoms with E-state index in [9.17, 15) is 10.2 Å². The molecule has 1 heterocycles. The Hall–Kier alpha value is -1.43. The summed E-state index contributed by atoms with van der Waals surface area (Å²) in [6.07, 6.45) is 3.89. The van der Waals surface area contributed by atoms with Crippen molar-refractivity contribution in [1.82, 2.24) is 14.8 Å². The second kappa shape index (κ2) is 5.89. The molecule has 0 spiro atoms. The number of rotatable bonds is 4. The fraction of sp³-hybridized carbons (Fsp3) is 0.529. The van der Waals surface area contributed by atoms with Crippen LogP contribution in [0.5, 0.6) is 0 Å². The van der Waals surface area contributed by atoms with E-state index in [1.807, 2.05) is 26.0 Å². The minimum absolute atomic E-state index is 0.275. The third-order valence-corrected chi connectivity index (χ3v) is 5.58. The normalized spacial score (nSPS) is 28.0. The molecule has 5 nitrogen and oxygen atoms in total. The highest BCUT2D eigenvalue weighted by molar-refractivity contribution is 6.30. The molecule has 1 aliphatic rings. The lowest BCUT2D eigenvalue weighted by Gasteiger charge is -2.42. The topological polar surface area (TPSA) is 71.2 Å². The maximum Gasteiger partial charge on any atom is 0.137 e. The molecule has 3 rings (SSSR count). The molecule has 0 amide bonds. The lowest BCUT2D eigenvalue weighted by molar-refractivity contribution is -0.121. The summed E-state index contributed by atoms with van der Waals surface area (Å²) in [5, 5.41) is 27.1. The van der Waals surface area contributed by atoms with Crippen LogP contribution in [0.1, 0.15) is 38.4 Å². The first-order valence-electron chi connectivity index (χ1n) is 7.82. The summed E-state index contributed by atoms with van der Waals surface area (Å²) in [5.41, 5.74) is -0.620. The highest BCUT2D eigenvalue weighted by atomic mass is 35.5. The average molecular weight is 336 g/mol. The summed E-state index contributed by atoms with van der Waals surface area (Å²) in [4.78, 5) is 3.94. The average Bonchev–Trinajstić information content (AvgIpc) is 3.07. The van der Waals surface area contributed by atoms with Crippen LogP contribution in [0, 0.1) is 11.3 Å². The van der Waals surface area contributed by atoms with Crippen LogP contribution in [0.15, 0.2) is 36.9 Å². The molecule has 0 unspecified atom stereocenters. The van der Waals surface area contributed by atoms with Crippen molar-refractivity contribution in [1.29, 1.82) is 0 Å². The highest BCUT2D eigenvalue weighted by Crippen LogP contribution is 2.54. The van der Waals surface area contributed by atoms with E-state index in [0.29, 0.717) is 11.6 Å². The number of hydrogen-bond donors (Lipinski definition) is 2. The number of benzene rings is 1. The van der Waals surface area contributed by atoms with Gasteiger partial charge in [0.25, 0.3) is 0 Å². The molecule has 2 aromatic rings. The number of hydrogen-bond acceptors (Lipinski definition) is 4. The molecule has 1 fully saturated rings. The van der Waals surface area contributed by atoms with Crippen molar-refractivity contribution in [2.45, 2.75) is 44.9 Å². The fourth-order valence-corrected chi connectivity index (χ4v) is 3.80. The Morgan fingerprint density at radius 3 is 2.65 bits per heavy atom. The third-order valence-electron chi connectivity index (χ3n) is 5.33. The summed E-state index contributed by atoms with van der Waals surface area (Å²) in [6.45, 7) is 4.40. The van der Waals surface area contributed by atoms with Gasteiger partial charge in [-0.1, -0.05) is 37.6 Å². The van der Waals surface area contributed by atoms with Crippen molar-refractivity contribution in [2.75, 3.05) is 0 Å². The van der Waals surface area contributed by atoms with Gasteiger partial charge in [-0.3, -0.25) is 4.68 Å². The summed E-state index contributed by atoms with van der Waals surface area (Å²) >= 11 is 5.92. The molecule has 6 heteroatoms. The van der Waals surface area contributed by atoms with Gasteiger partial charge in [0, 0.05) is 10.9 Å². The number of halogens is 1. The van der Waals surface area contributed by atoms with E-state index in [1.165, 1.54) is 6.33 Å². The van der Waals surface area contributed by atoms with Crippen molar-refractivity contribution in [3.05, 3.63) is 47.5 Å². The van der Waals surface area contributed by atoms with Gasteiger partial charge in [0.2, 0.25) is 0 Å². The second-order valence-electron chi connectivity index (χ2n) is 7.04. The van der Waals surface area contributed by atoms with E-state index in [1.54, 1.807) is 23.1 Å².